The third-order valence-electron chi connectivity index (χ3n) is 17.8. The molecule has 3 aliphatic heterocycles. The number of ether oxygens (including phenoxy) is 6. The summed E-state index contributed by atoms with van der Waals surface area (Å²) in [6.07, 6.45) is -6.46. The van der Waals surface area contributed by atoms with Gasteiger partial charge in [0.05, 0.1) is 42.7 Å². The van der Waals surface area contributed by atoms with Crippen molar-refractivity contribution in [1.29, 1.82) is 0 Å². The van der Waals surface area contributed by atoms with E-state index in [1.165, 1.54) is 0 Å². The number of carbonyl (C=O) groups is 1. The van der Waals surface area contributed by atoms with Crippen molar-refractivity contribution < 1.29 is 74.1 Å². The van der Waals surface area contributed by atoms with Gasteiger partial charge in [-0.1, -0.05) is 34.1 Å². The molecule has 4 unspecified atom stereocenters. The van der Waals surface area contributed by atoms with Gasteiger partial charge < -0.3 is 69.3 Å². The Balaban J connectivity index is 1.12. The molecule has 2 spiro atoms. The van der Waals surface area contributed by atoms with Crippen LogP contribution in [0.15, 0.2) is 0 Å². The Hall–Kier alpha value is -1.05. The molecule has 3 heterocycles. The number of fused-ring (bicyclic) bond motifs is 2. The van der Waals surface area contributed by atoms with Crippen molar-refractivity contribution in [1.82, 2.24) is 0 Å². The van der Waals surface area contributed by atoms with Crippen molar-refractivity contribution in [2.24, 2.45) is 44.8 Å². The van der Waals surface area contributed by atoms with E-state index < -0.39 is 97.6 Å². The van der Waals surface area contributed by atoms with Gasteiger partial charge in [-0.15, -0.1) is 0 Å². The van der Waals surface area contributed by atoms with Crippen molar-refractivity contribution in [2.45, 2.75) is 204 Å². The first-order valence-corrected chi connectivity index (χ1v) is 21.8. The lowest BCUT2D eigenvalue weighted by Crippen LogP contribution is -2.71. The molecular weight excluding hydrogens is 756 g/mol. The van der Waals surface area contributed by atoms with Crippen LogP contribution in [0.3, 0.4) is 0 Å². The maximum absolute atomic E-state index is 12.2. The summed E-state index contributed by atoms with van der Waals surface area (Å²) in [4.78, 5) is 12.0. The lowest BCUT2D eigenvalue weighted by Gasteiger charge is -2.64. The van der Waals surface area contributed by atoms with E-state index in [9.17, 15) is 45.6 Å². The first kappa shape index (κ1) is 43.6. The summed E-state index contributed by atoms with van der Waals surface area (Å²) >= 11 is 0. The molecule has 20 atom stereocenters. The highest BCUT2D eigenvalue weighted by atomic mass is 16.8. The maximum atomic E-state index is 12.2. The Labute approximate surface area is 341 Å². The maximum Gasteiger partial charge on any atom is 0.303 e. The Morgan fingerprint density at radius 1 is 0.862 bits per heavy atom. The van der Waals surface area contributed by atoms with Crippen molar-refractivity contribution in [3.8, 4) is 0 Å². The minimum atomic E-state index is -2.91. The molecule has 8 rings (SSSR count). The summed E-state index contributed by atoms with van der Waals surface area (Å²) in [6.45, 7) is 14.7. The normalized spacial score (nSPS) is 56.1. The number of rotatable bonds is 8. The van der Waals surface area contributed by atoms with E-state index in [0.717, 1.165) is 51.9 Å². The van der Waals surface area contributed by atoms with Crippen LogP contribution in [-0.4, -0.2) is 145 Å². The predicted octanol–water partition coefficient (Wildman–Crippen LogP) is 1.64. The van der Waals surface area contributed by atoms with Crippen molar-refractivity contribution in [3.05, 3.63) is 0 Å². The number of aliphatic hydroxyl groups excluding tert-OH is 6. The van der Waals surface area contributed by atoms with Gasteiger partial charge in [-0.05, 0) is 117 Å². The molecule has 15 nitrogen and oxygen atoms in total. The van der Waals surface area contributed by atoms with E-state index in [4.69, 9.17) is 28.4 Å². The van der Waals surface area contributed by atoms with Gasteiger partial charge in [0.1, 0.15) is 24.4 Å². The van der Waals surface area contributed by atoms with E-state index >= 15 is 0 Å². The van der Waals surface area contributed by atoms with Crippen molar-refractivity contribution >= 4 is 5.97 Å². The molecule has 3 saturated heterocycles. The third-order valence-corrected chi connectivity index (χ3v) is 17.8. The second kappa shape index (κ2) is 14.0. The molecule has 0 bridgehead atoms. The summed E-state index contributed by atoms with van der Waals surface area (Å²) < 4.78 is 36.4. The van der Waals surface area contributed by atoms with Gasteiger partial charge in [0, 0.05) is 12.8 Å². The van der Waals surface area contributed by atoms with E-state index in [1.54, 1.807) is 13.8 Å². The van der Waals surface area contributed by atoms with Gasteiger partial charge >= 0.3 is 5.97 Å². The summed E-state index contributed by atoms with van der Waals surface area (Å²) in [5.74, 6) is -3.75. The number of carbonyl (C=O) groups excluding carboxylic acids is 1. The Morgan fingerprint density at radius 2 is 1.57 bits per heavy atom. The molecule has 58 heavy (non-hydrogen) atoms. The monoisotopic (exact) mass is 826 g/mol. The molecule has 0 aromatic rings. The molecule has 0 amide bonds. The van der Waals surface area contributed by atoms with Gasteiger partial charge in [0.25, 0.3) is 0 Å². The lowest BCUT2D eigenvalue weighted by atomic mass is 9.41. The molecule has 0 radical (unpaired) electrons. The van der Waals surface area contributed by atoms with Gasteiger partial charge in [-0.3, -0.25) is 4.79 Å². The van der Waals surface area contributed by atoms with E-state index in [-0.39, 0.29) is 50.9 Å². The molecule has 332 valence electrons. The smallest absolute Gasteiger partial charge is 0.303 e. The fourth-order valence-corrected chi connectivity index (χ4v) is 15.2. The fourth-order valence-electron chi connectivity index (χ4n) is 15.2. The third kappa shape index (κ3) is 6.10. The van der Waals surface area contributed by atoms with Gasteiger partial charge in [-0.25, -0.2) is 0 Å². The average molecular weight is 827 g/mol. The summed E-state index contributed by atoms with van der Waals surface area (Å²) in [7, 11) is 0. The predicted molar refractivity (Wildman–Crippen MR) is 203 cm³/mol. The van der Waals surface area contributed by atoms with E-state index in [0.29, 0.717) is 19.3 Å². The minimum absolute atomic E-state index is 0.0281. The fraction of sp³-hybridized carbons (Fsp3) is 0.977. The van der Waals surface area contributed by atoms with Crippen LogP contribution in [0.4, 0.5) is 0 Å². The summed E-state index contributed by atoms with van der Waals surface area (Å²) in [6, 6.07) is 0. The zero-order valence-corrected chi connectivity index (χ0v) is 35.5. The number of hydrogen-bond acceptors (Lipinski definition) is 15. The van der Waals surface area contributed by atoms with Gasteiger partial charge in [-0.2, -0.15) is 0 Å². The molecule has 0 aromatic heterocycles. The molecule has 15 heteroatoms. The Bertz CT molecular complexity index is 1590. The van der Waals surface area contributed by atoms with Crippen LogP contribution in [-0.2, 0) is 33.2 Å². The largest absolute Gasteiger partial charge is 0.454 e. The van der Waals surface area contributed by atoms with Crippen LogP contribution in [0.25, 0.3) is 0 Å². The van der Waals surface area contributed by atoms with Crippen LogP contribution in [0, 0.1) is 44.8 Å². The average Bonchev–Trinajstić information content (AvgIpc) is 3.47. The van der Waals surface area contributed by atoms with E-state index in [2.05, 4.69) is 34.6 Å². The molecule has 5 aliphatic carbocycles. The Morgan fingerprint density at radius 3 is 2.21 bits per heavy atom. The van der Waals surface area contributed by atoms with Gasteiger partial charge in [0.2, 0.25) is 12.1 Å². The van der Waals surface area contributed by atoms with Crippen LogP contribution >= 0.6 is 0 Å². The van der Waals surface area contributed by atoms with Crippen LogP contribution < -0.4 is 0 Å². The highest BCUT2D eigenvalue weighted by Crippen LogP contribution is 2.89. The first-order chi connectivity index (χ1) is 26.8. The zero-order valence-electron chi connectivity index (χ0n) is 35.5. The lowest BCUT2D eigenvalue weighted by molar-refractivity contribution is -0.442. The van der Waals surface area contributed by atoms with Crippen LogP contribution in [0.5, 0.6) is 0 Å². The first-order valence-electron chi connectivity index (χ1n) is 21.8. The highest BCUT2D eigenvalue weighted by molar-refractivity contribution is 5.66. The van der Waals surface area contributed by atoms with Crippen molar-refractivity contribution in [3.63, 3.8) is 0 Å². The zero-order chi connectivity index (χ0) is 42.4. The topological polar surface area (TPSA) is 234 Å². The molecular formula is C43H70O15. The molecule has 8 aliphatic rings. The molecule has 8 N–H and O–H groups in total. The Kier molecular flexibility index (Phi) is 10.5. The second-order valence-electron chi connectivity index (χ2n) is 21.8. The number of hydrogen-bond donors (Lipinski definition) is 8. The molecule has 0 aromatic carbocycles. The van der Waals surface area contributed by atoms with Gasteiger partial charge in [0.15, 0.2) is 18.5 Å². The van der Waals surface area contributed by atoms with Crippen molar-refractivity contribution in [2.75, 3.05) is 13.2 Å². The van der Waals surface area contributed by atoms with Crippen LogP contribution in [0.1, 0.15) is 120 Å². The summed E-state index contributed by atoms with van der Waals surface area (Å²) in [5.41, 5.74) is -2.49. The molecule has 5 saturated carbocycles. The van der Waals surface area contributed by atoms with E-state index in [1.807, 2.05) is 0 Å². The second-order valence-corrected chi connectivity index (χ2v) is 21.8. The number of esters is 1. The SMILES string of the molecule is CC(=O)O[C@H]1[C@H](O[C@]2(O)[C@H](O)[C@@H](CO)O[C@@H](O[C@H]3CC4C5(CC[C@]6(C)C([C@@]7(C)CC[C@@H](C(C)(C)O)O7)[C@@H](O)C[C@@]46C)C[C@@]54CCCC(C)(C)C34)[C@@H]2O)OC[C@@H](O)[C@@H]1O. The standard InChI is InChI=1S/C43H70O15/c1-21(45)54-29-28(48)23(47)19-53-34(29)58-43(52)32(49)25(18-44)56-35(33(43)50)55-24-16-26-39(7)17-22(46)30(40(8)13-10-27(57-40)37(4,5)51)38(39,6)14-15-41(26)20-42(41)12-9-11-36(2,3)31(24)42/h22-35,44,46-52H,9-20H2,1-8H3/t22-,23+,24-,25+,26?,27-,28-,29+,30?,31?,32+,33-,34-,35+,38+,39-,40+,41?,42+,43+/m0/s1. The van der Waals surface area contributed by atoms with Crippen LogP contribution in [0.2, 0.25) is 0 Å². The minimum Gasteiger partial charge on any atom is -0.454 e. The highest BCUT2D eigenvalue weighted by Gasteiger charge is 2.84. The number of aliphatic hydroxyl groups is 8. The summed E-state index contributed by atoms with van der Waals surface area (Å²) in [5, 5.41) is 89.9. The molecule has 8 fully saturated rings. The quantitative estimate of drug-likeness (QED) is 0.0988.